The number of rotatable bonds is 9. The first-order chi connectivity index (χ1) is 9.08. The van der Waals surface area contributed by atoms with E-state index < -0.39 is 5.97 Å². The lowest BCUT2D eigenvalue weighted by Gasteiger charge is -1.99. The number of carboxylic acid groups (broad SMARTS) is 1. The minimum atomic E-state index is -0.693. The van der Waals surface area contributed by atoms with Gasteiger partial charge >= 0.3 is 11.9 Å². The van der Waals surface area contributed by atoms with Crippen molar-refractivity contribution in [3.05, 3.63) is 10.4 Å². The number of carboxylic acids is 1. The molecule has 0 heterocycles. The minimum Gasteiger partial charge on any atom is -0.481 e. The number of aliphatic carboxylic acids is 1. The molecular weight excluding hydrogens is 250 g/mol. The van der Waals surface area contributed by atoms with E-state index in [2.05, 4.69) is 10.0 Å². The molecule has 0 rings (SSSR count). The Morgan fingerprint density at radius 3 is 2.32 bits per heavy atom. The van der Waals surface area contributed by atoms with Gasteiger partial charge in [0.2, 0.25) is 0 Å². The largest absolute Gasteiger partial charge is 0.481 e. The van der Waals surface area contributed by atoms with Gasteiger partial charge in [-0.15, -0.1) is 0 Å². The Morgan fingerprint density at radius 2 is 1.89 bits per heavy atom. The maximum absolute atomic E-state index is 10.8. The fourth-order valence-corrected chi connectivity index (χ4v) is 1.06. The second-order valence-electron chi connectivity index (χ2n) is 3.71. The Balaban J connectivity index is 0. The molecule has 0 aromatic rings. The van der Waals surface area contributed by atoms with Gasteiger partial charge in [0, 0.05) is 24.3 Å². The van der Waals surface area contributed by atoms with Crippen molar-refractivity contribution in [3.8, 4) is 0 Å². The number of hydrogen-bond acceptors (Lipinski definition) is 4. The van der Waals surface area contributed by atoms with Gasteiger partial charge in [0.25, 0.3) is 0 Å². The van der Waals surface area contributed by atoms with E-state index in [0.29, 0.717) is 26.0 Å². The van der Waals surface area contributed by atoms with Crippen molar-refractivity contribution < 1.29 is 19.4 Å². The monoisotopic (exact) mass is 273 g/mol. The Bertz CT molecular complexity index is 289. The number of azide groups is 1. The van der Waals surface area contributed by atoms with Crippen LogP contribution in [0.1, 0.15) is 52.4 Å². The summed E-state index contributed by atoms with van der Waals surface area (Å²) in [7, 11) is 0. The Morgan fingerprint density at radius 1 is 1.21 bits per heavy atom. The lowest BCUT2D eigenvalue weighted by molar-refractivity contribution is -0.143. The molecule has 0 amide bonds. The molecule has 0 atom stereocenters. The second-order valence-corrected chi connectivity index (χ2v) is 3.71. The molecule has 0 saturated carbocycles. The van der Waals surface area contributed by atoms with E-state index >= 15 is 0 Å². The Kier molecular flexibility index (Phi) is 16.8. The summed E-state index contributed by atoms with van der Waals surface area (Å²) in [5.74, 6) is -0.875. The maximum Gasteiger partial charge on any atom is 0.305 e. The summed E-state index contributed by atoms with van der Waals surface area (Å²) < 4.78 is 4.71. The van der Waals surface area contributed by atoms with Crippen LogP contribution in [-0.2, 0) is 14.3 Å². The summed E-state index contributed by atoms with van der Waals surface area (Å²) in [5.41, 5.74) is 7.93. The van der Waals surface area contributed by atoms with E-state index in [1.165, 1.54) is 0 Å². The predicted octanol–water partition coefficient (Wildman–Crippen LogP) is 3.29. The molecule has 0 bridgehead atoms. The number of carbonyl (C=O) groups is 2. The van der Waals surface area contributed by atoms with Crippen LogP contribution in [0, 0.1) is 0 Å². The molecule has 0 spiro atoms. The van der Waals surface area contributed by atoms with E-state index in [4.69, 9.17) is 15.4 Å². The molecule has 0 aliphatic carbocycles. The van der Waals surface area contributed by atoms with Gasteiger partial charge in [0.05, 0.1) is 6.61 Å². The van der Waals surface area contributed by atoms with Gasteiger partial charge in [0.1, 0.15) is 0 Å². The van der Waals surface area contributed by atoms with Crippen molar-refractivity contribution in [3.63, 3.8) is 0 Å². The van der Waals surface area contributed by atoms with Crippen LogP contribution in [0.25, 0.3) is 10.4 Å². The van der Waals surface area contributed by atoms with Crippen LogP contribution in [0.3, 0.4) is 0 Å². The van der Waals surface area contributed by atoms with Crippen LogP contribution < -0.4 is 0 Å². The maximum atomic E-state index is 10.8. The molecule has 19 heavy (non-hydrogen) atoms. The molecule has 0 fully saturated rings. The van der Waals surface area contributed by atoms with Crippen LogP contribution in [0.15, 0.2) is 5.11 Å². The molecule has 7 nitrogen and oxygen atoms in total. The summed E-state index contributed by atoms with van der Waals surface area (Å²) >= 11 is 0. The average molecular weight is 273 g/mol. The topological polar surface area (TPSA) is 112 Å². The molecule has 0 aliphatic rings. The number of esters is 1. The van der Waals surface area contributed by atoms with Crippen molar-refractivity contribution in [1.29, 1.82) is 0 Å². The molecule has 0 aliphatic heterocycles. The van der Waals surface area contributed by atoms with E-state index in [1.807, 2.05) is 6.92 Å². The molecule has 0 aromatic carbocycles. The number of ether oxygens (including phenoxy) is 1. The molecule has 0 radical (unpaired) electrons. The zero-order chi connectivity index (χ0) is 14.9. The van der Waals surface area contributed by atoms with Crippen molar-refractivity contribution in [2.45, 2.75) is 52.4 Å². The van der Waals surface area contributed by atoms with E-state index in [1.54, 1.807) is 6.92 Å². The van der Waals surface area contributed by atoms with Crippen LogP contribution in [0.4, 0.5) is 0 Å². The third-order valence-electron chi connectivity index (χ3n) is 2.00. The fourth-order valence-electron chi connectivity index (χ4n) is 1.06. The third-order valence-corrected chi connectivity index (χ3v) is 2.00. The highest BCUT2D eigenvalue weighted by Gasteiger charge is 1.99. The van der Waals surface area contributed by atoms with Crippen LogP contribution in [0.2, 0.25) is 0 Å². The van der Waals surface area contributed by atoms with Gasteiger partial charge in [-0.25, -0.2) is 0 Å². The first-order valence-corrected chi connectivity index (χ1v) is 6.46. The number of hydrogen-bond donors (Lipinski definition) is 1. The van der Waals surface area contributed by atoms with Gasteiger partial charge in [-0.05, 0) is 31.7 Å². The fraction of sp³-hybridized carbons (Fsp3) is 0.833. The van der Waals surface area contributed by atoms with Crippen LogP contribution >= 0.6 is 0 Å². The van der Waals surface area contributed by atoms with Gasteiger partial charge in [0.15, 0.2) is 0 Å². The first kappa shape index (κ1) is 19.6. The molecule has 0 saturated heterocycles. The van der Waals surface area contributed by atoms with Gasteiger partial charge in [-0.2, -0.15) is 0 Å². The normalized spacial score (nSPS) is 8.74. The zero-order valence-electron chi connectivity index (χ0n) is 11.7. The highest BCUT2D eigenvalue weighted by molar-refractivity contribution is 5.69. The molecule has 1 N–H and O–H groups in total. The van der Waals surface area contributed by atoms with Crippen molar-refractivity contribution in [1.82, 2.24) is 0 Å². The van der Waals surface area contributed by atoms with E-state index in [9.17, 15) is 9.59 Å². The second kappa shape index (κ2) is 16.2. The van der Waals surface area contributed by atoms with Crippen molar-refractivity contribution in [2.24, 2.45) is 5.11 Å². The molecule has 110 valence electrons. The average Bonchev–Trinajstić information content (AvgIpc) is 2.37. The summed E-state index contributed by atoms with van der Waals surface area (Å²) in [6.45, 7) is 4.63. The van der Waals surface area contributed by atoms with E-state index in [-0.39, 0.29) is 5.97 Å². The molecule has 7 heteroatoms. The Labute approximate surface area is 113 Å². The molecule has 0 aromatic heterocycles. The predicted molar refractivity (Wildman–Crippen MR) is 71.7 cm³/mol. The summed E-state index contributed by atoms with van der Waals surface area (Å²) in [4.78, 5) is 23.1. The third kappa shape index (κ3) is 22.0. The minimum absolute atomic E-state index is 0.182. The molecule has 0 unspecified atom stereocenters. The summed E-state index contributed by atoms with van der Waals surface area (Å²) in [6, 6.07) is 0. The molecular formula is C12H23N3O4. The van der Waals surface area contributed by atoms with Gasteiger partial charge in [-0.1, -0.05) is 18.5 Å². The highest BCUT2D eigenvalue weighted by atomic mass is 16.5. The summed E-state index contributed by atoms with van der Waals surface area (Å²) in [5, 5.41) is 11.4. The first-order valence-electron chi connectivity index (χ1n) is 6.46. The standard InChI is InChI=1S/C7H13N3O2.C5H10O2/c1-2-12-7(11)5-3-4-6-9-10-8;1-2-3-4-5(6)7/h2-6H2,1H3;2-4H2,1H3,(H,6,7). The van der Waals surface area contributed by atoms with E-state index in [0.717, 1.165) is 25.7 Å². The number of nitrogens with zero attached hydrogens (tertiary/aromatic N) is 3. The highest BCUT2D eigenvalue weighted by Crippen LogP contribution is 1.97. The quantitative estimate of drug-likeness (QED) is 0.228. The lowest BCUT2D eigenvalue weighted by atomic mass is 10.2. The van der Waals surface area contributed by atoms with Crippen molar-refractivity contribution in [2.75, 3.05) is 13.2 Å². The van der Waals surface area contributed by atoms with Crippen molar-refractivity contribution >= 4 is 11.9 Å². The smallest absolute Gasteiger partial charge is 0.305 e. The van der Waals surface area contributed by atoms with Crippen LogP contribution in [0.5, 0.6) is 0 Å². The number of carbonyl (C=O) groups excluding carboxylic acids is 1. The van der Waals surface area contributed by atoms with Crippen LogP contribution in [-0.4, -0.2) is 30.2 Å². The van der Waals surface area contributed by atoms with Gasteiger partial charge in [-0.3, -0.25) is 9.59 Å². The lowest BCUT2D eigenvalue weighted by Crippen LogP contribution is -2.03. The number of unbranched alkanes of at least 4 members (excludes halogenated alkanes) is 2. The SMILES string of the molecule is CCCCC(=O)O.CCOC(=O)CCCCN=[N+]=[N-]. The van der Waals surface area contributed by atoms with Gasteiger partial charge < -0.3 is 9.84 Å². The zero-order valence-corrected chi connectivity index (χ0v) is 11.7. The Hall–Kier alpha value is -1.75. The summed E-state index contributed by atoms with van der Waals surface area (Å²) in [6.07, 6.45) is 3.95.